The first kappa shape index (κ1) is 15.2. The minimum absolute atomic E-state index is 0.00745. The fourth-order valence-electron chi connectivity index (χ4n) is 1.60. The third-order valence-corrected chi connectivity index (χ3v) is 2.56. The zero-order valence-electron chi connectivity index (χ0n) is 11.7. The highest BCUT2D eigenvalue weighted by atomic mass is 16.7. The number of amides is 2. The first-order valence-corrected chi connectivity index (χ1v) is 6.64. The molecular formula is C16H15N3O3. The van der Waals surface area contributed by atoms with Crippen molar-refractivity contribution in [2.24, 2.45) is 5.16 Å². The number of rotatable bonds is 5. The SMILES string of the molecule is O=C(C/C=N\OC(=O)Nc1ccccc1)Nc1ccccc1. The van der Waals surface area contributed by atoms with Gasteiger partial charge in [0.15, 0.2) is 0 Å². The molecule has 0 aliphatic heterocycles. The van der Waals surface area contributed by atoms with Crippen molar-refractivity contribution in [1.29, 1.82) is 0 Å². The highest BCUT2D eigenvalue weighted by Gasteiger charge is 2.02. The van der Waals surface area contributed by atoms with Gasteiger partial charge in [-0.25, -0.2) is 4.79 Å². The molecule has 2 aromatic rings. The lowest BCUT2D eigenvalue weighted by Gasteiger charge is -2.02. The van der Waals surface area contributed by atoms with Crippen molar-refractivity contribution in [3.8, 4) is 0 Å². The number of carbonyl (C=O) groups is 2. The molecule has 0 heterocycles. The molecule has 0 spiro atoms. The predicted octanol–water partition coefficient (Wildman–Crippen LogP) is 3.25. The Morgan fingerprint density at radius 1 is 0.909 bits per heavy atom. The van der Waals surface area contributed by atoms with Crippen molar-refractivity contribution in [3.05, 3.63) is 60.7 Å². The van der Waals surface area contributed by atoms with Gasteiger partial charge in [-0.15, -0.1) is 0 Å². The Labute approximate surface area is 127 Å². The van der Waals surface area contributed by atoms with Crippen LogP contribution in [0.4, 0.5) is 16.2 Å². The molecule has 22 heavy (non-hydrogen) atoms. The van der Waals surface area contributed by atoms with Crippen molar-refractivity contribution in [1.82, 2.24) is 0 Å². The summed E-state index contributed by atoms with van der Waals surface area (Å²) in [6.45, 7) is 0. The van der Waals surface area contributed by atoms with Crippen molar-refractivity contribution < 1.29 is 14.4 Å². The molecule has 0 saturated carbocycles. The molecule has 0 radical (unpaired) electrons. The van der Waals surface area contributed by atoms with E-state index >= 15 is 0 Å². The molecule has 2 aromatic carbocycles. The Kier molecular flexibility index (Phi) is 5.69. The van der Waals surface area contributed by atoms with E-state index in [0.717, 1.165) is 0 Å². The van der Waals surface area contributed by atoms with Crippen LogP contribution in [0.25, 0.3) is 0 Å². The van der Waals surface area contributed by atoms with Gasteiger partial charge in [-0.05, 0) is 24.3 Å². The molecule has 0 bridgehead atoms. The van der Waals surface area contributed by atoms with Crippen LogP contribution in [-0.4, -0.2) is 18.2 Å². The van der Waals surface area contributed by atoms with Crippen molar-refractivity contribution in [3.63, 3.8) is 0 Å². The maximum Gasteiger partial charge on any atom is 0.437 e. The monoisotopic (exact) mass is 297 g/mol. The van der Waals surface area contributed by atoms with E-state index in [1.54, 1.807) is 36.4 Å². The topological polar surface area (TPSA) is 79.8 Å². The van der Waals surface area contributed by atoms with Crippen LogP contribution < -0.4 is 10.6 Å². The van der Waals surface area contributed by atoms with E-state index in [4.69, 9.17) is 0 Å². The summed E-state index contributed by atoms with van der Waals surface area (Å²) < 4.78 is 0. The van der Waals surface area contributed by atoms with E-state index in [1.807, 2.05) is 24.3 Å². The number of hydrogen-bond acceptors (Lipinski definition) is 4. The minimum Gasteiger partial charge on any atom is -0.326 e. The van der Waals surface area contributed by atoms with Crippen molar-refractivity contribution >= 4 is 29.6 Å². The summed E-state index contributed by atoms with van der Waals surface area (Å²) in [7, 11) is 0. The maximum atomic E-state index is 11.6. The summed E-state index contributed by atoms with van der Waals surface area (Å²) in [5.41, 5.74) is 1.30. The summed E-state index contributed by atoms with van der Waals surface area (Å²) in [6, 6.07) is 17.9. The Morgan fingerprint density at radius 3 is 2.05 bits per heavy atom. The largest absolute Gasteiger partial charge is 0.437 e. The summed E-state index contributed by atoms with van der Waals surface area (Å²) in [4.78, 5) is 27.6. The lowest BCUT2D eigenvalue weighted by atomic mass is 10.3. The number of benzene rings is 2. The molecule has 2 amide bonds. The van der Waals surface area contributed by atoms with Crippen LogP contribution in [0.1, 0.15) is 6.42 Å². The quantitative estimate of drug-likeness (QED) is 0.505. The molecule has 6 heteroatoms. The number of hydrogen-bond donors (Lipinski definition) is 2. The van der Waals surface area contributed by atoms with E-state index in [2.05, 4.69) is 20.6 Å². The van der Waals surface area contributed by atoms with Crippen LogP contribution in [0.15, 0.2) is 65.8 Å². The second-order valence-electron chi connectivity index (χ2n) is 4.28. The van der Waals surface area contributed by atoms with Crippen LogP contribution in [0.2, 0.25) is 0 Å². The molecular weight excluding hydrogens is 282 g/mol. The lowest BCUT2D eigenvalue weighted by molar-refractivity contribution is -0.115. The second kappa shape index (κ2) is 8.21. The Bertz CT molecular complexity index is 585. The first-order chi connectivity index (χ1) is 10.7. The zero-order chi connectivity index (χ0) is 15.6. The van der Waals surface area contributed by atoms with Crippen molar-refractivity contribution in [2.45, 2.75) is 6.42 Å². The zero-order valence-corrected chi connectivity index (χ0v) is 11.7. The smallest absolute Gasteiger partial charge is 0.326 e. The number of nitrogens with one attached hydrogen (secondary N) is 2. The second-order valence-corrected chi connectivity index (χ2v) is 4.28. The Morgan fingerprint density at radius 2 is 1.45 bits per heavy atom. The van der Waals surface area contributed by atoms with Gasteiger partial charge in [0.05, 0.1) is 12.6 Å². The van der Waals surface area contributed by atoms with Gasteiger partial charge in [0.25, 0.3) is 0 Å². The van der Waals surface area contributed by atoms with Crippen molar-refractivity contribution in [2.75, 3.05) is 10.6 Å². The van der Waals surface area contributed by atoms with E-state index in [1.165, 1.54) is 6.21 Å². The van der Waals surface area contributed by atoms with E-state index in [0.29, 0.717) is 11.4 Å². The Hall–Kier alpha value is -3.15. The van der Waals surface area contributed by atoms with Gasteiger partial charge in [-0.1, -0.05) is 41.6 Å². The fraction of sp³-hybridized carbons (Fsp3) is 0.0625. The fourth-order valence-corrected chi connectivity index (χ4v) is 1.60. The van der Waals surface area contributed by atoms with Gasteiger partial charge >= 0.3 is 6.09 Å². The molecule has 0 saturated heterocycles. The molecule has 0 fully saturated rings. The maximum absolute atomic E-state index is 11.6. The molecule has 0 aliphatic rings. The van der Waals surface area contributed by atoms with Gasteiger partial charge in [-0.3, -0.25) is 14.9 Å². The van der Waals surface area contributed by atoms with Gasteiger partial charge < -0.3 is 5.32 Å². The average molecular weight is 297 g/mol. The molecule has 112 valence electrons. The summed E-state index contributed by atoms with van der Waals surface area (Å²) in [6.07, 6.45) is 0.516. The van der Waals surface area contributed by atoms with E-state index in [9.17, 15) is 9.59 Å². The molecule has 0 aromatic heterocycles. The lowest BCUT2D eigenvalue weighted by Crippen LogP contribution is -2.13. The Balaban J connectivity index is 1.69. The molecule has 0 aliphatic carbocycles. The summed E-state index contributed by atoms with van der Waals surface area (Å²) in [5, 5.41) is 8.63. The van der Waals surface area contributed by atoms with Gasteiger partial charge in [0.1, 0.15) is 0 Å². The highest BCUT2D eigenvalue weighted by Crippen LogP contribution is 2.06. The highest BCUT2D eigenvalue weighted by molar-refractivity contribution is 5.99. The molecule has 6 nitrogen and oxygen atoms in total. The summed E-state index contributed by atoms with van der Waals surface area (Å²) in [5.74, 6) is -0.248. The van der Waals surface area contributed by atoms with Gasteiger partial charge in [-0.2, -0.15) is 0 Å². The average Bonchev–Trinajstić information content (AvgIpc) is 2.53. The number of anilines is 2. The van der Waals surface area contributed by atoms with E-state index in [-0.39, 0.29) is 12.3 Å². The third kappa shape index (κ3) is 5.46. The number of oxime groups is 1. The third-order valence-electron chi connectivity index (χ3n) is 2.56. The molecule has 2 rings (SSSR count). The van der Waals surface area contributed by atoms with E-state index < -0.39 is 6.09 Å². The predicted molar refractivity (Wildman–Crippen MR) is 84.7 cm³/mol. The van der Waals surface area contributed by atoms with Crippen LogP contribution in [0, 0.1) is 0 Å². The van der Waals surface area contributed by atoms with Gasteiger partial charge in [0, 0.05) is 11.4 Å². The number of nitrogens with zero attached hydrogens (tertiary/aromatic N) is 1. The van der Waals surface area contributed by atoms with Gasteiger partial charge in [0.2, 0.25) is 5.91 Å². The molecule has 0 atom stereocenters. The number of carbonyl (C=O) groups excluding carboxylic acids is 2. The van der Waals surface area contributed by atoms with Crippen LogP contribution in [0.3, 0.4) is 0 Å². The normalized spacial score (nSPS) is 10.2. The number of para-hydroxylation sites is 2. The van der Waals surface area contributed by atoms with Crippen LogP contribution in [-0.2, 0) is 9.63 Å². The molecule has 2 N–H and O–H groups in total. The first-order valence-electron chi connectivity index (χ1n) is 6.64. The van der Waals surface area contributed by atoms with Crippen LogP contribution >= 0.6 is 0 Å². The summed E-state index contributed by atoms with van der Waals surface area (Å²) >= 11 is 0. The molecule has 0 unspecified atom stereocenters. The minimum atomic E-state index is -0.717. The standard InChI is InChI=1S/C16H15N3O3/c20-15(18-13-7-3-1-4-8-13)11-12-17-22-16(21)19-14-9-5-2-6-10-14/h1-10,12H,11H2,(H,18,20)(H,19,21)/b17-12-. The van der Waals surface area contributed by atoms with Crippen LogP contribution in [0.5, 0.6) is 0 Å².